The number of aliphatic hydroxyl groups excluding tert-OH is 1. The summed E-state index contributed by atoms with van der Waals surface area (Å²) in [6.45, 7) is 16.3. The molecule has 0 aliphatic carbocycles. The zero-order valence-electron chi connectivity index (χ0n) is 26.3. The molecule has 0 bridgehead atoms. The van der Waals surface area contributed by atoms with E-state index in [-0.39, 0.29) is 58.4 Å². The highest BCUT2D eigenvalue weighted by atomic mass is 35.5. The van der Waals surface area contributed by atoms with E-state index in [9.17, 15) is 14.3 Å². The summed E-state index contributed by atoms with van der Waals surface area (Å²) in [7, 11) is 1.87. The van der Waals surface area contributed by atoms with Gasteiger partial charge >= 0.3 is 5.97 Å². The smallest absolute Gasteiger partial charge is 0.343 e. The van der Waals surface area contributed by atoms with E-state index in [2.05, 4.69) is 33.9 Å². The molecule has 0 aliphatic heterocycles. The second-order valence-corrected chi connectivity index (χ2v) is 14.0. The Labute approximate surface area is 256 Å². The lowest BCUT2D eigenvalue weighted by Gasteiger charge is -2.38. The van der Waals surface area contributed by atoms with Gasteiger partial charge in [-0.15, -0.1) is 0 Å². The van der Waals surface area contributed by atoms with Crippen molar-refractivity contribution in [3.63, 3.8) is 0 Å². The number of hydrogen-bond donors (Lipinski definition) is 1. The molecule has 0 spiro atoms. The third-order valence-electron chi connectivity index (χ3n) is 6.61. The normalized spacial score (nSPS) is 14.2. The molecule has 0 aliphatic rings. The van der Waals surface area contributed by atoms with Gasteiger partial charge in [-0.05, 0) is 54.6 Å². The molecule has 0 heterocycles. The number of carbonyl (C=O) groups excluding carboxylic acids is 1. The average molecular weight is 621 g/mol. The second-order valence-electron chi connectivity index (χ2n) is 11.6. The highest BCUT2D eigenvalue weighted by Gasteiger charge is 2.35. The summed E-state index contributed by atoms with van der Waals surface area (Å²) in [4.78, 5) is 18.0. The number of benzene rings is 2. The first-order chi connectivity index (χ1) is 19.7. The Kier molecular flexibility index (Phi) is 13.1. The molecule has 2 aromatic rings. The zero-order valence-corrected chi connectivity index (χ0v) is 28.1. The standard InChI is InChI=1S/C32H44ClFNO6Si/c1-11-40-31(37)23(18-35-28(19(2)3)30(32(4,5)6)41-42(9)10)29(36)22-16-21(25(38-7)17-26(22)39-8)15-20-13-12-14-24(33)27(20)34/h12-14,16-19,28,30,36H,11,15H2,1-10H3/t28-,30?/m0/s1. The van der Waals surface area contributed by atoms with Crippen LogP contribution in [-0.4, -0.2) is 59.3 Å². The minimum atomic E-state index is -1.06. The van der Waals surface area contributed by atoms with Gasteiger partial charge in [-0.2, -0.15) is 0 Å². The number of rotatable bonds is 13. The van der Waals surface area contributed by atoms with Crippen molar-refractivity contribution in [3.8, 4) is 11.5 Å². The first-order valence-corrected chi connectivity index (χ1v) is 16.7. The predicted octanol–water partition coefficient (Wildman–Crippen LogP) is 7.70. The Hall–Kier alpha value is -2.88. The van der Waals surface area contributed by atoms with Gasteiger partial charge in [0.05, 0.1) is 43.6 Å². The fourth-order valence-electron chi connectivity index (χ4n) is 4.52. The Morgan fingerprint density at radius 2 is 1.76 bits per heavy atom. The quantitative estimate of drug-likeness (QED) is 0.0812. The topological polar surface area (TPSA) is 86.6 Å². The highest BCUT2D eigenvalue weighted by molar-refractivity contribution is 6.48. The van der Waals surface area contributed by atoms with E-state index in [1.54, 1.807) is 31.2 Å². The van der Waals surface area contributed by atoms with Gasteiger partial charge in [-0.1, -0.05) is 58.4 Å². The zero-order chi connectivity index (χ0) is 31.8. The number of hydrogen-bond acceptors (Lipinski definition) is 7. The molecule has 0 fully saturated rings. The molecule has 10 heteroatoms. The molecule has 2 aromatic carbocycles. The highest BCUT2D eigenvalue weighted by Crippen LogP contribution is 2.36. The molecular weight excluding hydrogens is 577 g/mol. The fourth-order valence-corrected chi connectivity index (χ4v) is 5.71. The maximum Gasteiger partial charge on any atom is 0.343 e. The second kappa shape index (κ2) is 15.5. The van der Waals surface area contributed by atoms with E-state index in [1.807, 2.05) is 13.8 Å². The Bertz CT molecular complexity index is 1290. The van der Waals surface area contributed by atoms with Crippen LogP contribution in [0.15, 0.2) is 40.9 Å². The van der Waals surface area contributed by atoms with Crippen LogP contribution < -0.4 is 9.47 Å². The van der Waals surface area contributed by atoms with Gasteiger partial charge in [0.2, 0.25) is 9.04 Å². The van der Waals surface area contributed by atoms with E-state index in [0.29, 0.717) is 16.9 Å². The van der Waals surface area contributed by atoms with Crippen molar-refractivity contribution < 1.29 is 32.9 Å². The van der Waals surface area contributed by atoms with Gasteiger partial charge in [0.15, 0.2) is 0 Å². The van der Waals surface area contributed by atoms with Crippen molar-refractivity contribution in [2.45, 2.75) is 73.2 Å². The fraction of sp³-hybridized carbons (Fsp3) is 0.500. The van der Waals surface area contributed by atoms with Gasteiger partial charge in [0.25, 0.3) is 0 Å². The summed E-state index contributed by atoms with van der Waals surface area (Å²) < 4.78 is 37.6. The Morgan fingerprint density at radius 1 is 1.12 bits per heavy atom. The van der Waals surface area contributed by atoms with Gasteiger partial charge < -0.3 is 23.7 Å². The van der Waals surface area contributed by atoms with Crippen molar-refractivity contribution in [3.05, 3.63) is 63.4 Å². The lowest BCUT2D eigenvalue weighted by molar-refractivity contribution is -0.137. The van der Waals surface area contributed by atoms with E-state index < -0.39 is 26.6 Å². The Morgan fingerprint density at radius 3 is 2.29 bits per heavy atom. The molecule has 0 aromatic heterocycles. The van der Waals surface area contributed by atoms with Crippen LogP contribution in [0.3, 0.4) is 0 Å². The molecule has 2 atom stereocenters. The maximum absolute atomic E-state index is 14.8. The van der Waals surface area contributed by atoms with Crippen molar-refractivity contribution in [1.29, 1.82) is 0 Å². The minimum absolute atomic E-state index is 0.000392. The van der Waals surface area contributed by atoms with E-state index in [0.717, 1.165) is 0 Å². The summed E-state index contributed by atoms with van der Waals surface area (Å²) in [5, 5.41) is 11.6. The van der Waals surface area contributed by atoms with E-state index in [1.165, 1.54) is 26.5 Å². The summed E-state index contributed by atoms with van der Waals surface area (Å²) in [6, 6.07) is 7.63. The number of carbonyl (C=O) groups is 1. The Balaban J connectivity index is 2.76. The number of aliphatic imine (C=N–C) groups is 1. The third-order valence-corrected chi connectivity index (χ3v) is 7.62. The third kappa shape index (κ3) is 9.06. The molecule has 1 N–H and O–H groups in total. The lowest BCUT2D eigenvalue weighted by Crippen LogP contribution is -2.44. The van der Waals surface area contributed by atoms with Crippen LogP contribution in [0.25, 0.3) is 5.76 Å². The molecule has 1 unspecified atom stereocenters. The maximum atomic E-state index is 14.8. The van der Waals surface area contributed by atoms with Gasteiger partial charge in [-0.3, -0.25) is 4.99 Å². The molecule has 7 nitrogen and oxygen atoms in total. The number of ether oxygens (including phenoxy) is 3. The molecule has 231 valence electrons. The molecule has 1 radical (unpaired) electrons. The van der Waals surface area contributed by atoms with E-state index in [4.69, 9.17) is 35.2 Å². The first kappa shape index (κ1) is 35.3. The largest absolute Gasteiger partial charge is 0.506 e. The minimum Gasteiger partial charge on any atom is -0.506 e. The average Bonchev–Trinajstić information content (AvgIpc) is 2.91. The van der Waals surface area contributed by atoms with E-state index >= 15 is 0 Å². The van der Waals surface area contributed by atoms with Crippen molar-refractivity contribution in [2.24, 2.45) is 16.3 Å². The van der Waals surface area contributed by atoms with Crippen molar-refractivity contribution >= 4 is 38.6 Å². The molecule has 42 heavy (non-hydrogen) atoms. The van der Waals surface area contributed by atoms with Crippen LogP contribution in [0.1, 0.15) is 58.2 Å². The van der Waals surface area contributed by atoms with Crippen LogP contribution in [0.5, 0.6) is 11.5 Å². The van der Waals surface area contributed by atoms with Gasteiger partial charge in [0.1, 0.15) is 28.6 Å². The molecule has 0 saturated heterocycles. The van der Waals surface area contributed by atoms with Gasteiger partial charge in [-0.25, -0.2) is 9.18 Å². The predicted molar refractivity (Wildman–Crippen MR) is 169 cm³/mol. The molecule has 0 saturated carbocycles. The summed E-state index contributed by atoms with van der Waals surface area (Å²) in [6.07, 6.45) is 1.25. The number of nitrogens with zero attached hydrogens (tertiary/aromatic N) is 1. The van der Waals surface area contributed by atoms with Crippen LogP contribution in [0.2, 0.25) is 18.1 Å². The summed E-state index contributed by atoms with van der Waals surface area (Å²) in [5.41, 5.74) is 0.712. The van der Waals surface area contributed by atoms with Crippen LogP contribution in [-0.2, 0) is 20.4 Å². The summed E-state index contributed by atoms with van der Waals surface area (Å²) >= 11 is 6.00. The van der Waals surface area contributed by atoms with Crippen LogP contribution in [0.4, 0.5) is 4.39 Å². The van der Waals surface area contributed by atoms with Gasteiger partial charge in [0, 0.05) is 18.7 Å². The van der Waals surface area contributed by atoms with Crippen molar-refractivity contribution in [1.82, 2.24) is 0 Å². The monoisotopic (exact) mass is 620 g/mol. The SMILES string of the molecule is CCOC(=O)C(C=N[C@@H](C(C)C)C(O[Si](C)C)C(C)(C)C)=C(O)c1cc(Cc2cccc(Cl)c2F)c(OC)cc1OC. The number of methoxy groups -OCH3 is 2. The van der Waals surface area contributed by atoms with Crippen LogP contribution in [0, 0.1) is 17.2 Å². The summed E-state index contributed by atoms with van der Waals surface area (Å²) in [5.74, 6) is -0.948. The molecule has 0 amide bonds. The first-order valence-electron chi connectivity index (χ1n) is 13.9. The van der Waals surface area contributed by atoms with Crippen LogP contribution >= 0.6 is 11.6 Å². The lowest BCUT2D eigenvalue weighted by atomic mass is 9.81. The number of aliphatic hydroxyl groups is 1. The molecular formula is C32H44ClFNO6Si. The van der Waals surface area contributed by atoms with Crippen molar-refractivity contribution in [2.75, 3.05) is 20.8 Å². The number of halogens is 2. The number of esters is 1. The molecule has 2 rings (SSSR count).